The molecule has 1 heterocycles. The maximum absolute atomic E-state index is 13.6. The van der Waals surface area contributed by atoms with Gasteiger partial charge in [0.2, 0.25) is 0 Å². The molecule has 0 spiro atoms. The zero-order chi connectivity index (χ0) is 19.7. The second-order valence-electron chi connectivity index (χ2n) is 6.50. The Morgan fingerprint density at radius 1 is 1.30 bits per heavy atom. The molecule has 1 aromatic rings. The van der Waals surface area contributed by atoms with Gasteiger partial charge in [0.05, 0.1) is 18.1 Å². The zero-order valence-corrected chi connectivity index (χ0v) is 16.8. The van der Waals surface area contributed by atoms with Gasteiger partial charge >= 0.3 is 0 Å². The number of nitrogens with zero attached hydrogens (tertiary/aromatic N) is 2. The minimum absolute atomic E-state index is 0.221. The van der Waals surface area contributed by atoms with Gasteiger partial charge in [0.15, 0.2) is 27.4 Å². The van der Waals surface area contributed by atoms with E-state index >= 15 is 0 Å². The summed E-state index contributed by atoms with van der Waals surface area (Å²) in [6.07, 6.45) is -0.273. The Morgan fingerprint density at radius 2 is 2.00 bits per heavy atom. The molecule has 7 nitrogen and oxygen atoms in total. The summed E-state index contributed by atoms with van der Waals surface area (Å²) in [6.45, 7) is 7.48. The molecule has 0 saturated carbocycles. The summed E-state index contributed by atoms with van der Waals surface area (Å²) in [4.78, 5) is 6.60. The van der Waals surface area contributed by atoms with Crippen LogP contribution in [0.1, 0.15) is 13.8 Å². The smallest absolute Gasteiger partial charge is 0.191 e. The van der Waals surface area contributed by atoms with Crippen LogP contribution >= 0.6 is 0 Å². The fraction of sp³-hybridized carbons (Fsp3) is 0.611. The van der Waals surface area contributed by atoms with E-state index < -0.39 is 9.84 Å². The van der Waals surface area contributed by atoms with Gasteiger partial charge in [-0.15, -0.1) is 0 Å². The molecule has 1 atom stereocenters. The summed E-state index contributed by atoms with van der Waals surface area (Å²) in [5.74, 6) is 0.948. The first kappa shape index (κ1) is 21.4. The lowest BCUT2D eigenvalue weighted by Crippen LogP contribution is -2.46. The zero-order valence-electron chi connectivity index (χ0n) is 15.9. The SMILES string of the molecule is CCNC(=NCC(C)Oc1ccccc1F)NCCN1CCS(=O)(=O)CC1. The quantitative estimate of drug-likeness (QED) is 0.498. The molecular formula is C18H29FN4O3S. The fourth-order valence-corrected chi connectivity index (χ4v) is 3.94. The summed E-state index contributed by atoms with van der Waals surface area (Å²) in [7, 11) is -2.85. The summed E-state index contributed by atoms with van der Waals surface area (Å²) in [5, 5.41) is 6.40. The molecule has 1 aliphatic rings. The second kappa shape index (κ2) is 10.5. The van der Waals surface area contributed by atoms with Gasteiger partial charge in [0.25, 0.3) is 0 Å². The van der Waals surface area contributed by atoms with Crippen molar-refractivity contribution in [3.8, 4) is 5.75 Å². The molecule has 9 heteroatoms. The lowest BCUT2D eigenvalue weighted by Gasteiger charge is -2.26. The monoisotopic (exact) mass is 400 g/mol. The van der Waals surface area contributed by atoms with Gasteiger partial charge in [0.1, 0.15) is 6.10 Å². The largest absolute Gasteiger partial charge is 0.486 e. The third kappa shape index (κ3) is 7.72. The van der Waals surface area contributed by atoms with Crippen molar-refractivity contribution < 1.29 is 17.5 Å². The molecule has 1 unspecified atom stereocenters. The highest BCUT2D eigenvalue weighted by Gasteiger charge is 2.20. The lowest BCUT2D eigenvalue weighted by atomic mass is 10.3. The van der Waals surface area contributed by atoms with Crippen LogP contribution in [0.4, 0.5) is 4.39 Å². The third-order valence-corrected chi connectivity index (χ3v) is 5.78. The van der Waals surface area contributed by atoms with Crippen LogP contribution in [-0.2, 0) is 9.84 Å². The number of hydrogen-bond acceptors (Lipinski definition) is 5. The fourth-order valence-electron chi connectivity index (χ4n) is 2.66. The maximum Gasteiger partial charge on any atom is 0.191 e. The molecule has 152 valence electrons. The number of para-hydroxylation sites is 1. The molecule has 0 aliphatic carbocycles. The van der Waals surface area contributed by atoms with Crippen LogP contribution in [0.25, 0.3) is 0 Å². The van der Waals surface area contributed by atoms with E-state index in [4.69, 9.17) is 4.74 Å². The Morgan fingerprint density at radius 3 is 2.67 bits per heavy atom. The number of halogens is 1. The van der Waals surface area contributed by atoms with Gasteiger partial charge < -0.3 is 15.4 Å². The van der Waals surface area contributed by atoms with E-state index in [0.717, 1.165) is 13.1 Å². The Balaban J connectivity index is 1.77. The van der Waals surface area contributed by atoms with Gasteiger partial charge in [-0.25, -0.2) is 17.8 Å². The standard InChI is InChI=1S/C18H29FN4O3S/c1-3-20-18(21-8-9-23-10-12-27(24,25)13-11-23)22-14-15(2)26-17-7-5-4-6-16(17)19/h4-7,15H,3,8-14H2,1-2H3,(H2,20,21,22). The Hall–Kier alpha value is -1.87. The molecule has 1 saturated heterocycles. The first-order chi connectivity index (χ1) is 12.9. The number of aliphatic imine (C=N–C) groups is 1. The minimum atomic E-state index is -2.85. The normalized spacial score (nSPS) is 18.7. The van der Waals surface area contributed by atoms with Crippen molar-refractivity contribution in [2.45, 2.75) is 20.0 Å². The summed E-state index contributed by atoms with van der Waals surface area (Å²) >= 11 is 0. The van der Waals surface area contributed by atoms with Crippen molar-refractivity contribution in [2.75, 3.05) is 50.8 Å². The number of rotatable bonds is 8. The van der Waals surface area contributed by atoms with Crippen LogP contribution in [0.15, 0.2) is 29.3 Å². The summed E-state index contributed by atoms with van der Waals surface area (Å²) < 4.78 is 42.1. The molecule has 1 aromatic carbocycles. The Kier molecular flexibility index (Phi) is 8.30. The molecule has 0 radical (unpaired) electrons. The number of hydrogen-bond donors (Lipinski definition) is 2. The van der Waals surface area contributed by atoms with Crippen LogP contribution in [0, 0.1) is 5.82 Å². The molecule has 1 fully saturated rings. The average molecular weight is 401 g/mol. The summed E-state index contributed by atoms with van der Waals surface area (Å²) in [5.41, 5.74) is 0. The van der Waals surface area contributed by atoms with Crippen molar-refractivity contribution in [3.05, 3.63) is 30.1 Å². The number of nitrogens with one attached hydrogen (secondary N) is 2. The molecular weight excluding hydrogens is 371 g/mol. The summed E-state index contributed by atoms with van der Waals surface area (Å²) in [6, 6.07) is 6.31. The van der Waals surface area contributed by atoms with Gasteiger partial charge in [-0.2, -0.15) is 0 Å². The van der Waals surface area contributed by atoms with Crippen molar-refractivity contribution >= 4 is 15.8 Å². The molecule has 0 amide bonds. The topological polar surface area (TPSA) is 83.0 Å². The van der Waals surface area contributed by atoms with Gasteiger partial charge in [-0.05, 0) is 26.0 Å². The molecule has 27 heavy (non-hydrogen) atoms. The lowest BCUT2D eigenvalue weighted by molar-refractivity contribution is 0.220. The number of benzene rings is 1. The average Bonchev–Trinajstić information content (AvgIpc) is 2.63. The first-order valence-corrected chi connectivity index (χ1v) is 11.1. The van der Waals surface area contributed by atoms with Crippen LogP contribution in [0.2, 0.25) is 0 Å². The van der Waals surface area contributed by atoms with E-state index in [0.29, 0.717) is 32.1 Å². The van der Waals surface area contributed by atoms with Crippen molar-refractivity contribution in [1.29, 1.82) is 0 Å². The molecule has 2 rings (SSSR count). The predicted molar refractivity (Wildman–Crippen MR) is 106 cm³/mol. The van der Waals surface area contributed by atoms with Crippen molar-refractivity contribution in [2.24, 2.45) is 4.99 Å². The van der Waals surface area contributed by atoms with Crippen molar-refractivity contribution in [1.82, 2.24) is 15.5 Å². The predicted octanol–water partition coefficient (Wildman–Crippen LogP) is 0.879. The van der Waals surface area contributed by atoms with E-state index in [-0.39, 0.29) is 29.2 Å². The molecule has 2 N–H and O–H groups in total. The number of ether oxygens (including phenoxy) is 1. The van der Waals surface area contributed by atoms with Crippen LogP contribution in [-0.4, -0.2) is 76.2 Å². The minimum Gasteiger partial charge on any atom is -0.486 e. The molecule has 0 bridgehead atoms. The Labute approximate surface area is 160 Å². The van der Waals surface area contributed by atoms with E-state index in [2.05, 4.69) is 20.5 Å². The van der Waals surface area contributed by atoms with Gasteiger partial charge in [-0.3, -0.25) is 4.90 Å². The second-order valence-corrected chi connectivity index (χ2v) is 8.80. The highest BCUT2D eigenvalue weighted by molar-refractivity contribution is 7.91. The molecule has 0 aromatic heterocycles. The number of sulfone groups is 1. The highest BCUT2D eigenvalue weighted by atomic mass is 32.2. The van der Waals surface area contributed by atoms with E-state index in [1.54, 1.807) is 18.2 Å². The van der Waals surface area contributed by atoms with Gasteiger partial charge in [0, 0.05) is 32.7 Å². The molecule has 1 aliphatic heterocycles. The maximum atomic E-state index is 13.6. The highest BCUT2D eigenvalue weighted by Crippen LogP contribution is 2.16. The van der Waals surface area contributed by atoms with E-state index in [1.165, 1.54) is 6.07 Å². The van der Waals surface area contributed by atoms with Crippen molar-refractivity contribution in [3.63, 3.8) is 0 Å². The van der Waals surface area contributed by atoms with Crippen LogP contribution < -0.4 is 15.4 Å². The number of guanidine groups is 1. The van der Waals surface area contributed by atoms with Crippen LogP contribution in [0.5, 0.6) is 5.75 Å². The van der Waals surface area contributed by atoms with E-state index in [1.807, 2.05) is 13.8 Å². The van der Waals surface area contributed by atoms with E-state index in [9.17, 15) is 12.8 Å². The third-order valence-electron chi connectivity index (χ3n) is 4.17. The Bertz CT molecular complexity index is 713. The van der Waals surface area contributed by atoms with Crippen LogP contribution in [0.3, 0.4) is 0 Å². The van der Waals surface area contributed by atoms with Gasteiger partial charge in [-0.1, -0.05) is 12.1 Å². The first-order valence-electron chi connectivity index (χ1n) is 9.26.